The van der Waals surface area contributed by atoms with Gasteiger partial charge in [0.15, 0.2) is 5.78 Å². The molecule has 0 aliphatic heterocycles. The fraction of sp³-hybridized carbons (Fsp3) is 0.111. The largest absolute Gasteiger partial charge is 0.387 e. The SMILES string of the molecule is N#CC(C(=O)c1cc2ccccc2s1)C(O)c1ccc(Cl)cc1. The molecule has 1 aromatic heterocycles. The number of thiophene rings is 1. The van der Waals surface area contributed by atoms with Crippen molar-refractivity contribution in [2.75, 3.05) is 0 Å². The molecule has 0 bridgehead atoms. The Morgan fingerprint density at radius 1 is 1.17 bits per heavy atom. The fourth-order valence-electron chi connectivity index (χ4n) is 2.38. The minimum atomic E-state index is -1.19. The molecular weight excluding hydrogens is 330 g/mol. The Bertz CT molecular complexity index is 862. The molecule has 0 spiro atoms. The number of aliphatic hydroxyl groups is 1. The molecule has 0 aliphatic rings. The molecule has 0 amide bonds. The number of hydrogen-bond acceptors (Lipinski definition) is 4. The van der Waals surface area contributed by atoms with E-state index in [1.54, 1.807) is 30.3 Å². The molecule has 3 rings (SSSR count). The van der Waals surface area contributed by atoms with Gasteiger partial charge in [-0.2, -0.15) is 5.26 Å². The van der Waals surface area contributed by atoms with Crippen LogP contribution in [0.2, 0.25) is 5.02 Å². The van der Waals surface area contributed by atoms with E-state index >= 15 is 0 Å². The molecule has 3 nitrogen and oxygen atoms in total. The van der Waals surface area contributed by atoms with E-state index in [1.165, 1.54) is 11.3 Å². The van der Waals surface area contributed by atoms with Crippen LogP contribution in [0.5, 0.6) is 0 Å². The summed E-state index contributed by atoms with van der Waals surface area (Å²) in [4.78, 5) is 13.1. The number of Topliss-reactive ketones (excluding diaryl/α,β-unsaturated/α-hetero) is 1. The van der Waals surface area contributed by atoms with Gasteiger partial charge in [0.05, 0.1) is 10.9 Å². The number of ketones is 1. The lowest BCUT2D eigenvalue weighted by Crippen LogP contribution is -2.20. The molecule has 0 saturated carbocycles. The Balaban J connectivity index is 1.92. The van der Waals surface area contributed by atoms with E-state index in [4.69, 9.17) is 11.6 Å². The van der Waals surface area contributed by atoms with Crippen molar-refractivity contribution in [1.82, 2.24) is 0 Å². The average molecular weight is 342 g/mol. The number of fused-ring (bicyclic) bond motifs is 1. The normalized spacial score (nSPS) is 13.4. The van der Waals surface area contributed by atoms with Gasteiger partial charge in [0.25, 0.3) is 0 Å². The maximum Gasteiger partial charge on any atom is 0.192 e. The zero-order valence-electron chi connectivity index (χ0n) is 11.9. The van der Waals surface area contributed by atoms with Gasteiger partial charge < -0.3 is 5.11 Å². The van der Waals surface area contributed by atoms with Crippen molar-refractivity contribution < 1.29 is 9.90 Å². The molecule has 3 aromatic rings. The minimum Gasteiger partial charge on any atom is -0.387 e. The van der Waals surface area contributed by atoms with Crippen LogP contribution in [0.1, 0.15) is 21.3 Å². The van der Waals surface area contributed by atoms with E-state index in [-0.39, 0.29) is 5.78 Å². The summed E-state index contributed by atoms with van der Waals surface area (Å²) in [6.07, 6.45) is -1.19. The van der Waals surface area contributed by atoms with E-state index in [9.17, 15) is 15.2 Å². The van der Waals surface area contributed by atoms with E-state index in [1.807, 2.05) is 30.3 Å². The fourth-order valence-corrected chi connectivity index (χ4v) is 3.55. The van der Waals surface area contributed by atoms with Gasteiger partial charge >= 0.3 is 0 Å². The van der Waals surface area contributed by atoms with Crippen molar-refractivity contribution in [1.29, 1.82) is 5.26 Å². The average Bonchev–Trinajstić information content (AvgIpc) is 3.00. The number of benzene rings is 2. The summed E-state index contributed by atoms with van der Waals surface area (Å²) in [6.45, 7) is 0. The second-order valence-electron chi connectivity index (χ2n) is 5.12. The molecule has 1 heterocycles. The summed E-state index contributed by atoms with van der Waals surface area (Å²) in [5.41, 5.74) is 0.496. The summed E-state index contributed by atoms with van der Waals surface area (Å²) >= 11 is 7.15. The number of nitriles is 1. The molecule has 23 heavy (non-hydrogen) atoms. The number of rotatable bonds is 4. The maximum atomic E-state index is 12.6. The third kappa shape index (κ3) is 3.13. The Hall–Kier alpha value is -2.19. The van der Waals surface area contributed by atoms with Crippen LogP contribution in [0.25, 0.3) is 10.1 Å². The van der Waals surface area contributed by atoms with Gasteiger partial charge in [-0.05, 0) is 35.2 Å². The lowest BCUT2D eigenvalue weighted by molar-refractivity contribution is 0.0780. The molecule has 5 heteroatoms. The molecule has 0 fully saturated rings. The first-order chi connectivity index (χ1) is 11.1. The monoisotopic (exact) mass is 341 g/mol. The topological polar surface area (TPSA) is 61.1 Å². The lowest BCUT2D eigenvalue weighted by atomic mass is 9.92. The predicted molar refractivity (Wildman–Crippen MR) is 91.7 cm³/mol. The van der Waals surface area contributed by atoms with E-state index < -0.39 is 12.0 Å². The smallest absolute Gasteiger partial charge is 0.192 e. The third-order valence-electron chi connectivity index (χ3n) is 3.62. The summed E-state index contributed by atoms with van der Waals surface area (Å²) < 4.78 is 0.980. The van der Waals surface area contributed by atoms with Crippen molar-refractivity contribution in [3.8, 4) is 6.07 Å². The highest BCUT2D eigenvalue weighted by Gasteiger charge is 2.30. The summed E-state index contributed by atoms with van der Waals surface area (Å²) in [6, 6.07) is 17.8. The molecule has 2 aromatic carbocycles. The first kappa shape index (κ1) is 15.7. The van der Waals surface area contributed by atoms with E-state index in [2.05, 4.69) is 0 Å². The van der Waals surface area contributed by atoms with Crippen LogP contribution in [0.3, 0.4) is 0 Å². The Morgan fingerprint density at radius 3 is 2.52 bits per heavy atom. The van der Waals surface area contributed by atoms with Gasteiger partial charge in [0.2, 0.25) is 0 Å². The van der Waals surface area contributed by atoms with E-state index in [0.717, 1.165) is 10.1 Å². The highest BCUT2D eigenvalue weighted by atomic mass is 35.5. The van der Waals surface area contributed by atoms with Crippen molar-refractivity contribution >= 4 is 38.8 Å². The van der Waals surface area contributed by atoms with Crippen LogP contribution in [-0.2, 0) is 0 Å². The number of carbonyl (C=O) groups excluding carboxylic acids is 1. The highest BCUT2D eigenvalue weighted by Crippen LogP contribution is 2.31. The Kier molecular flexibility index (Phi) is 4.44. The van der Waals surface area contributed by atoms with Gasteiger partial charge in [0, 0.05) is 9.72 Å². The summed E-state index contributed by atoms with van der Waals surface area (Å²) in [5.74, 6) is -1.51. The number of nitrogens with zero attached hydrogens (tertiary/aromatic N) is 1. The first-order valence-electron chi connectivity index (χ1n) is 6.96. The van der Waals surface area contributed by atoms with Crippen molar-refractivity contribution in [3.63, 3.8) is 0 Å². The molecule has 114 valence electrons. The molecule has 2 atom stereocenters. The van der Waals surface area contributed by atoms with Gasteiger partial charge in [-0.15, -0.1) is 11.3 Å². The maximum absolute atomic E-state index is 12.6. The van der Waals surface area contributed by atoms with E-state index in [0.29, 0.717) is 15.5 Å². The quantitative estimate of drug-likeness (QED) is 0.705. The molecule has 0 aliphatic carbocycles. The number of aliphatic hydroxyl groups excluding tert-OH is 1. The standard InChI is InChI=1S/C18H12ClNO2S/c19-13-7-5-11(6-8-13)17(21)14(10-20)18(22)16-9-12-3-1-2-4-15(12)23-16/h1-9,14,17,21H. The summed E-state index contributed by atoms with van der Waals surface area (Å²) in [5, 5.41) is 21.3. The van der Waals surface area contributed by atoms with Crippen molar-refractivity contribution in [2.24, 2.45) is 5.92 Å². The Morgan fingerprint density at radius 2 is 1.87 bits per heavy atom. The number of carbonyl (C=O) groups is 1. The van der Waals surface area contributed by atoms with Crippen molar-refractivity contribution in [3.05, 3.63) is 70.1 Å². The third-order valence-corrected chi connectivity index (χ3v) is 5.00. The Labute approximate surface area is 142 Å². The predicted octanol–water partition coefficient (Wildman–Crippen LogP) is 4.61. The lowest BCUT2D eigenvalue weighted by Gasteiger charge is -2.15. The van der Waals surface area contributed by atoms with Crippen LogP contribution in [0.15, 0.2) is 54.6 Å². The van der Waals surface area contributed by atoms with Crippen LogP contribution < -0.4 is 0 Å². The zero-order chi connectivity index (χ0) is 16.4. The molecule has 0 saturated heterocycles. The van der Waals surface area contributed by atoms with Crippen LogP contribution in [-0.4, -0.2) is 10.9 Å². The molecule has 1 N–H and O–H groups in total. The van der Waals surface area contributed by atoms with Gasteiger partial charge in [-0.3, -0.25) is 4.79 Å². The van der Waals surface area contributed by atoms with Crippen molar-refractivity contribution in [2.45, 2.75) is 6.10 Å². The molecular formula is C18H12ClNO2S. The second-order valence-corrected chi connectivity index (χ2v) is 6.64. The van der Waals surface area contributed by atoms with Gasteiger partial charge in [0.1, 0.15) is 12.0 Å². The van der Waals surface area contributed by atoms with Crippen LogP contribution in [0.4, 0.5) is 0 Å². The van der Waals surface area contributed by atoms with Crippen LogP contribution >= 0.6 is 22.9 Å². The summed E-state index contributed by atoms with van der Waals surface area (Å²) in [7, 11) is 0. The second kappa shape index (κ2) is 6.51. The number of hydrogen-bond donors (Lipinski definition) is 1. The number of halogens is 1. The molecule has 0 radical (unpaired) electrons. The minimum absolute atomic E-state index is 0.365. The first-order valence-corrected chi connectivity index (χ1v) is 8.15. The highest BCUT2D eigenvalue weighted by molar-refractivity contribution is 7.20. The van der Waals surface area contributed by atoms with Gasteiger partial charge in [-0.1, -0.05) is 41.9 Å². The van der Waals surface area contributed by atoms with Crippen LogP contribution in [0, 0.1) is 17.2 Å². The van der Waals surface area contributed by atoms with Gasteiger partial charge in [-0.25, -0.2) is 0 Å². The zero-order valence-corrected chi connectivity index (χ0v) is 13.5. The molecule has 2 unspecified atom stereocenters.